The molecule has 0 atom stereocenters. The Kier molecular flexibility index (Phi) is 4.61. The van der Waals surface area contributed by atoms with Gasteiger partial charge in [-0.2, -0.15) is 0 Å². The molecule has 0 aliphatic rings. The first kappa shape index (κ1) is 13.3. The molecule has 0 spiro atoms. The Morgan fingerprint density at radius 3 is 2.38 bits per heavy atom. The zero-order valence-corrected chi connectivity index (χ0v) is 12.2. The summed E-state index contributed by atoms with van der Waals surface area (Å²) in [5.74, 6) is 0. The van der Waals surface area contributed by atoms with E-state index < -0.39 is 0 Å². The lowest BCUT2D eigenvalue weighted by molar-refractivity contribution is 0.224. The van der Waals surface area contributed by atoms with E-state index >= 15 is 0 Å². The van der Waals surface area contributed by atoms with Crippen molar-refractivity contribution in [2.75, 3.05) is 24.6 Å². The summed E-state index contributed by atoms with van der Waals surface area (Å²) in [6.07, 6.45) is 0. The molecule has 1 aromatic rings. The topological polar surface area (TPSA) is 58.4 Å². The lowest BCUT2D eigenvalue weighted by Crippen LogP contribution is -2.31. The SMILES string of the molecule is CCN(C)C(=O)Nc1c(Br)cc(N)cc1Br. The average molecular weight is 351 g/mol. The number of hydrogen-bond donors (Lipinski definition) is 2. The highest BCUT2D eigenvalue weighted by Crippen LogP contribution is 2.33. The van der Waals surface area contributed by atoms with Crippen LogP contribution in [-0.4, -0.2) is 24.5 Å². The van der Waals surface area contributed by atoms with Crippen molar-refractivity contribution in [3.63, 3.8) is 0 Å². The number of anilines is 2. The summed E-state index contributed by atoms with van der Waals surface area (Å²) < 4.78 is 1.49. The fourth-order valence-electron chi connectivity index (χ4n) is 1.06. The Balaban J connectivity index is 2.93. The normalized spacial score (nSPS) is 10.0. The van der Waals surface area contributed by atoms with Crippen LogP contribution >= 0.6 is 31.9 Å². The van der Waals surface area contributed by atoms with E-state index in [1.165, 1.54) is 0 Å². The molecule has 0 radical (unpaired) electrons. The highest BCUT2D eigenvalue weighted by atomic mass is 79.9. The third-order valence-corrected chi connectivity index (χ3v) is 3.37. The maximum absolute atomic E-state index is 11.7. The number of nitrogens with one attached hydrogen (secondary N) is 1. The molecule has 16 heavy (non-hydrogen) atoms. The molecule has 0 aliphatic carbocycles. The van der Waals surface area contributed by atoms with E-state index in [-0.39, 0.29) is 6.03 Å². The summed E-state index contributed by atoms with van der Waals surface area (Å²) in [7, 11) is 1.73. The number of benzene rings is 1. The molecule has 0 unspecified atom stereocenters. The van der Waals surface area contributed by atoms with Crippen LogP contribution in [0.25, 0.3) is 0 Å². The molecule has 1 rings (SSSR count). The van der Waals surface area contributed by atoms with Crippen molar-refractivity contribution < 1.29 is 4.79 Å². The predicted molar refractivity (Wildman–Crippen MR) is 73.6 cm³/mol. The zero-order chi connectivity index (χ0) is 12.3. The number of rotatable bonds is 2. The smallest absolute Gasteiger partial charge is 0.321 e. The van der Waals surface area contributed by atoms with Gasteiger partial charge in [-0.3, -0.25) is 0 Å². The van der Waals surface area contributed by atoms with E-state index in [4.69, 9.17) is 5.73 Å². The lowest BCUT2D eigenvalue weighted by atomic mass is 10.3. The molecule has 0 bridgehead atoms. The molecule has 88 valence electrons. The van der Waals surface area contributed by atoms with Crippen LogP contribution in [0.5, 0.6) is 0 Å². The predicted octanol–water partition coefficient (Wildman–Crippen LogP) is 3.28. The molecule has 0 fully saturated rings. The quantitative estimate of drug-likeness (QED) is 0.804. The third-order valence-electron chi connectivity index (χ3n) is 2.12. The fourth-order valence-corrected chi connectivity index (χ4v) is 2.48. The summed E-state index contributed by atoms with van der Waals surface area (Å²) in [5.41, 5.74) is 6.97. The monoisotopic (exact) mass is 349 g/mol. The van der Waals surface area contributed by atoms with Crippen molar-refractivity contribution in [1.29, 1.82) is 0 Å². The van der Waals surface area contributed by atoms with Gasteiger partial charge < -0.3 is 16.0 Å². The number of hydrogen-bond acceptors (Lipinski definition) is 2. The van der Waals surface area contributed by atoms with Crippen molar-refractivity contribution >= 4 is 49.3 Å². The number of halogens is 2. The Labute approximate surface area is 111 Å². The first-order chi connectivity index (χ1) is 7.45. The van der Waals surface area contributed by atoms with Gasteiger partial charge in [-0.15, -0.1) is 0 Å². The van der Waals surface area contributed by atoms with Gasteiger partial charge in [0.15, 0.2) is 0 Å². The van der Waals surface area contributed by atoms with E-state index in [2.05, 4.69) is 37.2 Å². The molecule has 6 heteroatoms. The molecule has 0 heterocycles. The van der Waals surface area contributed by atoms with Crippen molar-refractivity contribution in [1.82, 2.24) is 4.90 Å². The minimum absolute atomic E-state index is 0.159. The van der Waals surface area contributed by atoms with Crippen LogP contribution in [0.4, 0.5) is 16.2 Å². The van der Waals surface area contributed by atoms with Gasteiger partial charge in [0.05, 0.1) is 5.69 Å². The molecule has 0 saturated carbocycles. The van der Waals surface area contributed by atoms with E-state index in [1.54, 1.807) is 24.1 Å². The van der Waals surface area contributed by atoms with Crippen LogP contribution in [0.15, 0.2) is 21.1 Å². The molecular formula is C10H13Br2N3O. The van der Waals surface area contributed by atoms with E-state index in [0.29, 0.717) is 17.9 Å². The largest absolute Gasteiger partial charge is 0.399 e. The molecule has 0 aromatic heterocycles. The van der Waals surface area contributed by atoms with Gasteiger partial charge in [-0.25, -0.2) is 4.79 Å². The van der Waals surface area contributed by atoms with Gasteiger partial charge in [0.25, 0.3) is 0 Å². The standard InChI is InChI=1S/C10H13Br2N3O/c1-3-15(2)10(16)14-9-7(11)4-6(13)5-8(9)12/h4-5H,3,13H2,1-2H3,(H,14,16). The summed E-state index contributed by atoms with van der Waals surface area (Å²) in [5, 5.41) is 2.79. The molecule has 0 aliphatic heterocycles. The molecule has 3 N–H and O–H groups in total. The van der Waals surface area contributed by atoms with Crippen LogP contribution in [0, 0.1) is 0 Å². The van der Waals surface area contributed by atoms with Gasteiger partial charge in [0, 0.05) is 28.2 Å². The minimum atomic E-state index is -0.159. The fraction of sp³-hybridized carbons (Fsp3) is 0.300. The number of nitrogens with two attached hydrogens (primary N) is 1. The van der Waals surface area contributed by atoms with Gasteiger partial charge in [0.1, 0.15) is 0 Å². The number of amides is 2. The Morgan fingerprint density at radius 1 is 1.44 bits per heavy atom. The number of urea groups is 1. The molecule has 0 saturated heterocycles. The lowest BCUT2D eigenvalue weighted by Gasteiger charge is -2.17. The highest BCUT2D eigenvalue weighted by Gasteiger charge is 2.12. The molecular weight excluding hydrogens is 338 g/mol. The number of nitrogens with zero attached hydrogens (tertiary/aromatic N) is 1. The van der Waals surface area contributed by atoms with E-state index in [0.717, 1.165) is 8.95 Å². The average Bonchev–Trinajstić information content (AvgIpc) is 2.21. The summed E-state index contributed by atoms with van der Waals surface area (Å²) in [6, 6.07) is 3.33. The second-order valence-electron chi connectivity index (χ2n) is 3.30. The summed E-state index contributed by atoms with van der Waals surface area (Å²) >= 11 is 6.71. The number of carbonyl (C=O) groups is 1. The van der Waals surface area contributed by atoms with E-state index in [9.17, 15) is 4.79 Å². The van der Waals surface area contributed by atoms with Crippen LogP contribution in [0.3, 0.4) is 0 Å². The van der Waals surface area contributed by atoms with Gasteiger partial charge in [0.2, 0.25) is 0 Å². The molecule has 4 nitrogen and oxygen atoms in total. The van der Waals surface area contributed by atoms with Gasteiger partial charge in [-0.05, 0) is 50.9 Å². The minimum Gasteiger partial charge on any atom is -0.399 e. The third kappa shape index (κ3) is 3.12. The highest BCUT2D eigenvalue weighted by molar-refractivity contribution is 9.11. The van der Waals surface area contributed by atoms with Crippen molar-refractivity contribution in [3.8, 4) is 0 Å². The maximum atomic E-state index is 11.7. The second-order valence-corrected chi connectivity index (χ2v) is 5.01. The maximum Gasteiger partial charge on any atom is 0.321 e. The van der Waals surface area contributed by atoms with E-state index in [1.807, 2.05) is 6.92 Å². The van der Waals surface area contributed by atoms with Crippen molar-refractivity contribution in [2.24, 2.45) is 0 Å². The zero-order valence-electron chi connectivity index (χ0n) is 9.05. The van der Waals surface area contributed by atoms with Crippen LogP contribution in [0.2, 0.25) is 0 Å². The second kappa shape index (κ2) is 5.54. The number of carbonyl (C=O) groups excluding carboxylic acids is 1. The first-order valence-electron chi connectivity index (χ1n) is 4.72. The number of nitrogen functional groups attached to an aromatic ring is 1. The van der Waals surface area contributed by atoms with Crippen molar-refractivity contribution in [3.05, 3.63) is 21.1 Å². The van der Waals surface area contributed by atoms with Crippen LogP contribution in [0.1, 0.15) is 6.92 Å². The van der Waals surface area contributed by atoms with Crippen LogP contribution < -0.4 is 11.1 Å². The van der Waals surface area contributed by atoms with Gasteiger partial charge >= 0.3 is 6.03 Å². The summed E-state index contributed by atoms with van der Waals surface area (Å²) in [4.78, 5) is 13.3. The Bertz CT molecular complexity index is 386. The Morgan fingerprint density at radius 2 is 1.94 bits per heavy atom. The van der Waals surface area contributed by atoms with Gasteiger partial charge in [-0.1, -0.05) is 0 Å². The van der Waals surface area contributed by atoms with Crippen LogP contribution in [-0.2, 0) is 0 Å². The first-order valence-corrected chi connectivity index (χ1v) is 6.31. The molecule has 2 amide bonds. The molecule has 1 aromatic carbocycles. The van der Waals surface area contributed by atoms with Crippen molar-refractivity contribution in [2.45, 2.75) is 6.92 Å². The Hall–Kier alpha value is -0.750. The summed E-state index contributed by atoms with van der Waals surface area (Å²) in [6.45, 7) is 2.56.